The molecule has 0 bridgehead atoms. The van der Waals surface area contributed by atoms with Gasteiger partial charge in [0.2, 0.25) is 0 Å². The average molecular weight is 313 g/mol. The van der Waals surface area contributed by atoms with Gasteiger partial charge in [-0.15, -0.1) is 0 Å². The molecule has 0 heterocycles. The zero-order chi connectivity index (χ0) is 16.0. The predicted octanol–water partition coefficient (Wildman–Crippen LogP) is 1.21. The van der Waals surface area contributed by atoms with Gasteiger partial charge in [0.05, 0.1) is 5.75 Å². The molecule has 6 nitrogen and oxygen atoms in total. The van der Waals surface area contributed by atoms with Crippen molar-refractivity contribution >= 4 is 21.7 Å². The van der Waals surface area contributed by atoms with E-state index in [1.807, 2.05) is 6.92 Å². The largest absolute Gasteiger partial charge is 0.480 e. The molecule has 2 N–H and O–H groups in total. The number of benzene rings is 1. The number of aliphatic carboxylic acids is 1. The summed E-state index contributed by atoms with van der Waals surface area (Å²) in [5.74, 6) is -1.65. The van der Waals surface area contributed by atoms with Crippen molar-refractivity contribution in [3.8, 4) is 0 Å². The highest BCUT2D eigenvalue weighted by atomic mass is 32.2. The Bertz CT molecular complexity index is 607. The van der Waals surface area contributed by atoms with Crippen LogP contribution < -0.4 is 5.32 Å². The maximum Gasteiger partial charge on any atom is 0.326 e. The number of rotatable bonds is 7. The molecule has 21 heavy (non-hydrogen) atoms. The molecule has 1 amide bonds. The normalized spacial score (nSPS) is 12.7. The van der Waals surface area contributed by atoms with E-state index in [2.05, 4.69) is 5.32 Å². The summed E-state index contributed by atoms with van der Waals surface area (Å²) in [7, 11) is -3.13. The summed E-state index contributed by atoms with van der Waals surface area (Å²) in [5, 5.41) is 11.4. The van der Waals surface area contributed by atoms with E-state index < -0.39 is 27.8 Å². The lowest BCUT2D eigenvalue weighted by Crippen LogP contribution is -2.40. The molecule has 0 spiro atoms. The molecule has 0 unspecified atom stereocenters. The molecule has 0 aliphatic carbocycles. The minimum atomic E-state index is -3.13. The Balaban J connectivity index is 2.77. The van der Waals surface area contributed by atoms with Gasteiger partial charge in [-0.2, -0.15) is 0 Å². The Kier molecular flexibility index (Phi) is 5.90. The van der Waals surface area contributed by atoms with E-state index in [0.717, 1.165) is 6.26 Å². The van der Waals surface area contributed by atoms with Crippen LogP contribution in [0.5, 0.6) is 0 Å². The van der Waals surface area contributed by atoms with E-state index in [0.29, 0.717) is 24.0 Å². The molecule has 1 rings (SSSR count). The quantitative estimate of drug-likeness (QED) is 0.788. The number of carbonyl (C=O) groups excluding carboxylic acids is 1. The molecule has 0 aliphatic rings. The lowest BCUT2D eigenvalue weighted by molar-refractivity contribution is -0.139. The van der Waals surface area contributed by atoms with Crippen LogP contribution in [0.25, 0.3) is 0 Å². The first-order valence-corrected chi connectivity index (χ1v) is 8.59. The Hall–Kier alpha value is -1.89. The molecule has 0 fully saturated rings. The van der Waals surface area contributed by atoms with Crippen LogP contribution in [0.1, 0.15) is 35.7 Å². The number of hydrogen-bond donors (Lipinski definition) is 2. The van der Waals surface area contributed by atoms with Crippen molar-refractivity contribution < 1.29 is 23.1 Å². The van der Waals surface area contributed by atoms with Gasteiger partial charge in [-0.3, -0.25) is 4.79 Å². The third-order valence-corrected chi connectivity index (χ3v) is 3.68. The van der Waals surface area contributed by atoms with Crippen LogP contribution in [0.2, 0.25) is 0 Å². The second-order valence-electron chi connectivity index (χ2n) is 4.92. The summed E-state index contributed by atoms with van der Waals surface area (Å²) in [5.41, 5.74) is 0.881. The van der Waals surface area contributed by atoms with Crippen LogP contribution >= 0.6 is 0 Å². The van der Waals surface area contributed by atoms with E-state index in [1.54, 1.807) is 12.1 Å². The fraction of sp³-hybridized carbons (Fsp3) is 0.429. The molecule has 1 aromatic carbocycles. The minimum Gasteiger partial charge on any atom is -0.480 e. The van der Waals surface area contributed by atoms with Crippen molar-refractivity contribution in [3.05, 3.63) is 35.4 Å². The van der Waals surface area contributed by atoms with Gasteiger partial charge in [-0.1, -0.05) is 25.5 Å². The summed E-state index contributed by atoms with van der Waals surface area (Å²) in [4.78, 5) is 22.9. The fourth-order valence-corrected chi connectivity index (χ4v) is 2.64. The van der Waals surface area contributed by atoms with E-state index in [9.17, 15) is 18.0 Å². The molecule has 1 atom stereocenters. The van der Waals surface area contributed by atoms with Gasteiger partial charge in [0.1, 0.15) is 6.04 Å². The molecule has 0 saturated carbocycles. The molecular formula is C14H19NO5S. The Morgan fingerprint density at radius 2 is 1.81 bits per heavy atom. The molecule has 0 aliphatic heterocycles. The van der Waals surface area contributed by atoms with Crippen molar-refractivity contribution in [2.75, 3.05) is 6.26 Å². The zero-order valence-electron chi connectivity index (χ0n) is 12.0. The predicted molar refractivity (Wildman–Crippen MR) is 78.8 cm³/mol. The number of nitrogens with one attached hydrogen (secondary N) is 1. The van der Waals surface area contributed by atoms with Crippen molar-refractivity contribution in [1.29, 1.82) is 0 Å². The standard InChI is InChI=1S/C14H19NO5S/c1-3-4-12(14(17)18)15-13(16)11-7-5-10(6-8-11)9-21(2,19)20/h5-8,12H,3-4,9H2,1-2H3,(H,15,16)(H,17,18)/t12-/m0/s1. The van der Waals surface area contributed by atoms with Gasteiger partial charge in [0.15, 0.2) is 9.84 Å². The first-order chi connectivity index (χ1) is 9.73. The summed E-state index contributed by atoms with van der Waals surface area (Å²) in [6, 6.07) is 5.15. The Morgan fingerprint density at radius 3 is 2.24 bits per heavy atom. The number of carboxylic acid groups (broad SMARTS) is 1. The second kappa shape index (κ2) is 7.21. The lowest BCUT2D eigenvalue weighted by atomic mass is 10.1. The summed E-state index contributed by atoms with van der Waals surface area (Å²) < 4.78 is 22.3. The SMILES string of the molecule is CCC[C@H](NC(=O)c1ccc(CS(C)(=O)=O)cc1)C(=O)O. The summed E-state index contributed by atoms with van der Waals surface area (Å²) in [6.45, 7) is 1.84. The summed E-state index contributed by atoms with van der Waals surface area (Å²) in [6.07, 6.45) is 2.13. The van der Waals surface area contributed by atoms with Crippen molar-refractivity contribution in [2.45, 2.75) is 31.6 Å². The van der Waals surface area contributed by atoms with Gasteiger partial charge in [-0.05, 0) is 24.1 Å². The third-order valence-electron chi connectivity index (χ3n) is 2.83. The third kappa shape index (κ3) is 5.95. The monoisotopic (exact) mass is 313 g/mol. The fourth-order valence-electron chi connectivity index (χ4n) is 1.84. The first-order valence-electron chi connectivity index (χ1n) is 6.53. The number of sulfone groups is 1. The van der Waals surface area contributed by atoms with E-state index in [-0.39, 0.29) is 5.75 Å². The van der Waals surface area contributed by atoms with Gasteiger partial charge >= 0.3 is 5.97 Å². The van der Waals surface area contributed by atoms with E-state index in [1.165, 1.54) is 12.1 Å². The molecule has 116 valence electrons. The maximum absolute atomic E-state index is 11.9. The van der Waals surface area contributed by atoms with Gasteiger partial charge in [-0.25, -0.2) is 13.2 Å². The topological polar surface area (TPSA) is 101 Å². The van der Waals surface area contributed by atoms with Crippen LogP contribution in [0, 0.1) is 0 Å². The van der Waals surface area contributed by atoms with Crippen LogP contribution in [0.15, 0.2) is 24.3 Å². The first kappa shape index (κ1) is 17.2. The maximum atomic E-state index is 11.9. The van der Waals surface area contributed by atoms with E-state index >= 15 is 0 Å². The number of amides is 1. The molecular weight excluding hydrogens is 294 g/mol. The van der Waals surface area contributed by atoms with Gasteiger partial charge in [0.25, 0.3) is 5.91 Å². The lowest BCUT2D eigenvalue weighted by Gasteiger charge is -2.13. The molecule has 0 aromatic heterocycles. The average Bonchev–Trinajstić information content (AvgIpc) is 2.36. The number of hydrogen-bond acceptors (Lipinski definition) is 4. The highest BCUT2D eigenvalue weighted by Gasteiger charge is 2.19. The molecule has 0 radical (unpaired) electrons. The zero-order valence-corrected chi connectivity index (χ0v) is 12.8. The van der Waals surface area contributed by atoms with Crippen molar-refractivity contribution in [2.24, 2.45) is 0 Å². The molecule has 7 heteroatoms. The summed E-state index contributed by atoms with van der Waals surface area (Å²) >= 11 is 0. The van der Waals surface area contributed by atoms with Crippen LogP contribution in [-0.2, 0) is 20.4 Å². The van der Waals surface area contributed by atoms with Gasteiger partial charge in [0, 0.05) is 11.8 Å². The Morgan fingerprint density at radius 1 is 1.24 bits per heavy atom. The van der Waals surface area contributed by atoms with Crippen LogP contribution in [0.3, 0.4) is 0 Å². The van der Waals surface area contributed by atoms with Crippen LogP contribution in [-0.4, -0.2) is 37.7 Å². The van der Waals surface area contributed by atoms with Crippen molar-refractivity contribution in [3.63, 3.8) is 0 Å². The minimum absolute atomic E-state index is 0.0948. The highest BCUT2D eigenvalue weighted by molar-refractivity contribution is 7.89. The molecule has 0 saturated heterocycles. The number of carboxylic acids is 1. The number of carbonyl (C=O) groups is 2. The molecule has 1 aromatic rings. The van der Waals surface area contributed by atoms with Gasteiger partial charge < -0.3 is 10.4 Å². The smallest absolute Gasteiger partial charge is 0.326 e. The second-order valence-corrected chi connectivity index (χ2v) is 7.06. The van der Waals surface area contributed by atoms with Crippen LogP contribution in [0.4, 0.5) is 0 Å². The van der Waals surface area contributed by atoms with E-state index in [4.69, 9.17) is 5.11 Å². The van der Waals surface area contributed by atoms with Crippen molar-refractivity contribution in [1.82, 2.24) is 5.32 Å². The highest BCUT2D eigenvalue weighted by Crippen LogP contribution is 2.09. The Labute approximate surface area is 124 Å².